The zero-order chi connectivity index (χ0) is 25.3. The second kappa shape index (κ2) is 10.0. The maximum Gasteiger partial charge on any atom is 0.294 e. The molecule has 9 nitrogen and oxygen atoms in total. The van der Waals surface area contributed by atoms with E-state index in [-0.39, 0.29) is 27.1 Å². The summed E-state index contributed by atoms with van der Waals surface area (Å²) in [5.41, 5.74) is 0.679. The van der Waals surface area contributed by atoms with E-state index in [1.807, 2.05) is 0 Å². The Hall–Kier alpha value is -3.48. The van der Waals surface area contributed by atoms with Gasteiger partial charge in [0, 0.05) is 33.9 Å². The van der Waals surface area contributed by atoms with Crippen LogP contribution in [0.25, 0.3) is 17.4 Å². The monoisotopic (exact) mass is 579 g/mol. The van der Waals surface area contributed by atoms with Crippen molar-refractivity contribution in [3.8, 4) is 11.3 Å². The molecule has 1 fully saturated rings. The Morgan fingerprint density at radius 2 is 2.00 bits per heavy atom. The zero-order valence-electron chi connectivity index (χ0n) is 17.3. The van der Waals surface area contributed by atoms with Crippen molar-refractivity contribution >= 4 is 73.8 Å². The fourth-order valence-electron chi connectivity index (χ4n) is 3.08. The fraction of sp³-hybridized carbons (Fsp3) is 0.0455. The second-order valence-corrected chi connectivity index (χ2v) is 9.32. The van der Waals surface area contributed by atoms with Crippen molar-refractivity contribution in [2.24, 2.45) is 0 Å². The number of hydrogen-bond acceptors (Lipinski definition) is 7. The SMILES string of the molecule is O=C(CN1C(=O)S/C(=C/c2ccc(-c3ccc([N+](=O)[O-])cc3Br)o2)C1=O)Nc1ccc(F)c(Cl)c1. The van der Waals surface area contributed by atoms with Gasteiger partial charge in [-0.25, -0.2) is 4.39 Å². The van der Waals surface area contributed by atoms with Crippen molar-refractivity contribution in [1.82, 2.24) is 4.90 Å². The van der Waals surface area contributed by atoms with E-state index in [4.69, 9.17) is 16.0 Å². The molecule has 2 heterocycles. The molecule has 1 aromatic heterocycles. The second-order valence-electron chi connectivity index (χ2n) is 7.07. The third-order valence-electron chi connectivity index (χ3n) is 4.71. The van der Waals surface area contributed by atoms with E-state index in [0.717, 1.165) is 11.0 Å². The molecule has 4 rings (SSSR count). The van der Waals surface area contributed by atoms with E-state index in [1.54, 1.807) is 12.1 Å². The van der Waals surface area contributed by atoms with E-state index in [1.165, 1.54) is 36.4 Å². The number of halogens is 3. The minimum Gasteiger partial charge on any atom is -0.457 e. The first kappa shape index (κ1) is 24.6. The van der Waals surface area contributed by atoms with Crippen LogP contribution < -0.4 is 5.32 Å². The van der Waals surface area contributed by atoms with Crippen molar-refractivity contribution < 1.29 is 28.1 Å². The lowest BCUT2D eigenvalue weighted by molar-refractivity contribution is -0.384. The summed E-state index contributed by atoms with van der Waals surface area (Å²) in [6.45, 7) is -0.545. The zero-order valence-corrected chi connectivity index (χ0v) is 20.4. The number of benzene rings is 2. The van der Waals surface area contributed by atoms with Gasteiger partial charge in [-0.1, -0.05) is 11.6 Å². The summed E-state index contributed by atoms with van der Waals surface area (Å²) in [4.78, 5) is 48.5. The summed E-state index contributed by atoms with van der Waals surface area (Å²) < 4.78 is 19.4. The van der Waals surface area contributed by atoms with Crippen LogP contribution in [0.3, 0.4) is 0 Å². The average molecular weight is 581 g/mol. The number of non-ortho nitro benzene ring substituents is 1. The van der Waals surface area contributed by atoms with Crippen LogP contribution in [-0.4, -0.2) is 33.4 Å². The van der Waals surface area contributed by atoms with Crippen molar-refractivity contribution in [3.63, 3.8) is 0 Å². The lowest BCUT2D eigenvalue weighted by atomic mass is 10.1. The molecule has 1 saturated heterocycles. The Morgan fingerprint density at radius 3 is 2.69 bits per heavy atom. The molecule has 0 bridgehead atoms. The van der Waals surface area contributed by atoms with Crippen LogP contribution in [0.2, 0.25) is 5.02 Å². The van der Waals surface area contributed by atoms with Gasteiger partial charge in [0.1, 0.15) is 23.9 Å². The first-order chi connectivity index (χ1) is 16.6. The molecule has 2 aromatic carbocycles. The Kier molecular flexibility index (Phi) is 7.05. The summed E-state index contributed by atoms with van der Waals surface area (Å²) >= 11 is 9.61. The van der Waals surface area contributed by atoms with Gasteiger partial charge in [-0.05, 0) is 64.1 Å². The molecule has 1 aliphatic rings. The average Bonchev–Trinajstić information content (AvgIpc) is 3.36. The largest absolute Gasteiger partial charge is 0.457 e. The van der Waals surface area contributed by atoms with Gasteiger partial charge < -0.3 is 9.73 Å². The van der Waals surface area contributed by atoms with Crippen LogP contribution in [0.4, 0.5) is 20.6 Å². The summed E-state index contributed by atoms with van der Waals surface area (Å²) in [5.74, 6) is -1.35. The van der Waals surface area contributed by atoms with Gasteiger partial charge in [-0.15, -0.1) is 0 Å². The molecule has 178 valence electrons. The molecular formula is C22H12BrClFN3O6S. The smallest absolute Gasteiger partial charge is 0.294 e. The number of nitro benzene ring substituents is 1. The van der Waals surface area contributed by atoms with E-state index in [2.05, 4.69) is 21.2 Å². The number of nitrogens with zero attached hydrogens (tertiary/aromatic N) is 2. The molecule has 13 heteroatoms. The highest BCUT2D eigenvalue weighted by molar-refractivity contribution is 9.10. The number of furan rings is 1. The topological polar surface area (TPSA) is 123 Å². The van der Waals surface area contributed by atoms with Crippen molar-refractivity contribution in [1.29, 1.82) is 0 Å². The van der Waals surface area contributed by atoms with Gasteiger partial charge >= 0.3 is 0 Å². The molecule has 0 atom stereocenters. The maximum atomic E-state index is 13.3. The van der Waals surface area contributed by atoms with Crippen LogP contribution in [0.1, 0.15) is 5.76 Å². The number of imide groups is 1. The molecule has 35 heavy (non-hydrogen) atoms. The lowest BCUT2D eigenvalue weighted by Gasteiger charge is -2.12. The standard InChI is InChI=1S/C22H12BrClFN3O6S/c23-15-8-12(28(32)33)2-4-14(15)18-6-3-13(34-18)9-19-21(30)27(22(31)35-19)10-20(29)26-11-1-5-17(25)16(24)7-11/h1-9H,10H2,(H,26,29)/b19-9+. The van der Waals surface area contributed by atoms with E-state index in [0.29, 0.717) is 27.6 Å². The van der Waals surface area contributed by atoms with Gasteiger partial charge in [0.15, 0.2) is 0 Å². The number of carbonyl (C=O) groups excluding carboxylic acids is 3. The van der Waals surface area contributed by atoms with Crippen molar-refractivity contribution in [2.45, 2.75) is 0 Å². The summed E-state index contributed by atoms with van der Waals surface area (Å²) in [5, 5.41) is 12.5. The number of carbonyl (C=O) groups is 3. The van der Waals surface area contributed by atoms with Gasteiger partial charge in [0.05, 0.1) is 14.9 Å². The van der Waals surface area contributed by atoms with E-state index < -0.39 is 34.3 Å². The number of nitrogens with one attached hydrogen (secondary N) is 1. The maximum absolute atomic E-state index is 13.3. The van der Waals surface area contributed by atoms with Gasteiger partial charge in [-0.3, -0.25) is 29.4 Å². The van der Waals surface area contributed by atoms with Crippen LogP contribution in [0.5, 0.6) is 0 Å². The molecule has 3 amide bonds. The third-order valence-corrected chi connectivity index (χ3v) is 6.56. The highest BCUT2D eigenvalue weighted by Crippen LogP contribution is 2.35. The molecule has 0 radical (unpaired) electrons. The number of nitro groups is 1. The Balaban J connectivity index is 1.46. The molecule has 0 spiro atoms. The summed E-state index contributed by atoms with van der Waals surface area (Å²) in [6.07, 6.45) is 1.37. The first-order valence-corrected chi connectivity index (χ1v) is 11.7. The van der Waals surface area contributed by atoms with Crippen LogP contribution in [0.15, 0.2) is 62.3 Å². The number of anilines is 1. The number of hydrogen-bond donors (Lipinski definition) is 1. The number of amides is 3. The van der Waals surface area contributed by atoms with Gasteiger partial charge in [-0.2, -0.15) is 0 Å². The first-order valence-electron chi connectivity index (χ1n) is 9.67. The number of thioether (sulfide) groups is 1. The van der Waals surface area contributed by atoms with E-state index in [9.17, 15) is 28.9 Å². The van der Waals surface area contributed by atoms with Crippen LogP contribution >= 0.6 is 39.3 Å². The highest BCUT2D eigenvalue weighted by atomic mass is 79.9. The third kappa shape index (κ3) is 5.45. The quantitative estimate of drug-likeness (QED) is 0.213. The molecule has 1 aliphatic heterocycles. The van der Waals surface area contributed by atoms with Crippen LogP contribution in [-0.2, 0) is 9.59 Å². The molecular weight excluding hydrogens is 569 g/mol. The minimum absolute atomic E-state index is 0.0521. The summed E-state index contributed by atoms with van der Waals surface area (Å²) in [7, 11) is 0. The molecule has 3 aromatic rings. The predicted octanol–water partition coefficient (Wildman–Crippen LogP) is 6.08. The van der Waals surface area contributed by atoms with Crippen LogP contribution in [0, 0.1) is 15.9 Å². The van der Waals surface area contributed by atoms with Crippen molar-refractivity contribution in [2.75, 3.05) is 11.9 Å². The summed E-state index contributed by atoms with van der Waals surface area (Å²) in [6, 6.07) is 11.0. The van der Waals surface area contributed by atoms with Gasteiger partial charge in [0.2, 0.25) is 5.91 Å². The Morgan fingerprint density at radius 1 is 1.23 bits per heavy atom. The Labute approximate surface area is 214 Å². The lowest BCUT2D eigenvalue weighted by Crippen LogP contribution is -2.36. The fourth-order valence-corrected chi connectivity index (χ4v) is 4.64. The minimum atomic E-state index is -0.679. The molecule has 0 unspecified atom stereocenters. The molecule has 0 saturated carbocycles. The predicted molar refractivity (Wildman–Crippen MR) is 131 cm³/mol. The normalized spacial score (nSPS) is 14.6. The van der Waals surface area contributed by atoms with Gasteiger partial charge in [0.25, 0.3) is 16.8 Å². The van der Waals surface area contributed by atoms with Crippen molar-refractivity contribution in [3.05, 3.63) is 84.6 Å². The molecule has 0 aliphatic carbocycles. The Bertz CT molecular complexity index is 1430. The number of rotatable bonds is 6. The highest BCUT2D eigenvalue weighted by Gasteiger charge is 2.36. The van der Waals surface area contributed by atoms with E-state index >= 15 is 0 Å². The molecule has 1 N–H and O–H groups in total.